The van der Waals surface area contributed by atoms with Gasteiger partial charge >= 0.3 is 0 Å². The Morgan fingerprint density at radius 1 is 1.00 bits per heavy atom. The lowest BCUT2D eigenvalue weighted by molar-refractivity contribution is 0.554. The van der Waals surface area contributed by atoms with Crippen LogP contribution in [0.4, 0.5) is 0 Å². The molecule has 0 aromatic carbocycles. The summed E-state index contributed by atoms with van der Waals surface area (Å²) in [5.74, 6) is 0.816. The molecule has 2 aromatic rings. The molecule has 0 spiro atoms. The third kappa shape index (κ3) is 1.92. The molecular formula is C9H10Cl2N4. The number of imidazole rings is 1. The summed E-state index contributed by atoms with van der Waals surface area (Å²) in [6.45, 7) is 6.15. The van der Waals surface area contributed by atoms with Gasteiger partial charge in [0.25, 0.3) is 0 Å². The van der Waals surface area contributed by atoms with Crippen molar-refractivity contribution in [3.63, 3.8) is 0 Å². The molecule has 0 aliphatic heterocycles. The van der Waals surface area contributed by atoms with Gasteiger partial charge in [-0.1, -0.05) is 44.0 Å². The van der Waals surface area contributed by atoms with Gasteiger partial charge in [-0.2, -0.15) is 0 Å². The van der Waals surface area contributed by atoms with E-state index in [4.69, 9.17) is 23.2 Å². The number of nitrogens with zero attached hydrogens (tertiary/aromatic N) is 3. The summed E-state index contributed by atoms with van der Waals surface area (Å²) >= 11 is 11.5. The van der Waals surface area contributed by atoms with Crippen molar-refractivity contribution in [2.24, 2.45) is 0 Å². The monoisotopic (exact) mass is 244 g/mol. The Kier molecular flexibility index (Phi) is 2.35. The second-order valence-corrected chi connectivity index (χ2v) is 5.03. The van der Waals surface area contributed by atoms with E-state index in [1.165, 1.54) is 0 Å². The smallest absolute Gasteiger partial charge is 0.199 e. The molecule has 0 unspecified atom stereocenters. The van der Waals surface area contributed by atoms with E-state index in [2.05, 4.69) is 19.9 Å². The Morgan fingerprint density at radius 3 is 2.20 bits per heavy atom. The highest BCUT2D eigenvalue weighted by Gasteiger charge is 2.19. The number of aromatic amines is 1. The third-order valence-electron chi connectivity index (χ3n) is 1.96. The van der Waals surface area contributed by atoms with Gasteiger partial charge in [0.2, 0.25) is 0 Å². The molecule has 0 radical (unpaired) electrons. The lowest BCUT2D eigenvalue weighted by Crippen LogP contribution is -2.13. The lowest BCUT2D eigenvalue weighted by atomic mass is 9.96. The Bertz CT molecular complexity index is 474. The second-order valence-electron chi connectivity index (χ2n) is 4.31. The summed E-state index contributed by atoms with van der Waals surface area (Å²) in [7, 11) is 0. The third-order valence-corrected chi connectivity index (χ3v) is 2.58. The minimum Gasteiger partial charge on any atom is -0.325 e. The number of aromatic nitrogens is 4. The fourth-order valence-corrected chi connectivity index (χ4v) is 1.40. The average Bonchev–Trinajstić information content (AvgIpc) is 2.47. The summed E-state index contributed by atoms with van der Waals surface area (Å²) in [6.07, 6.45) is 0. The van der Waals surface area contributed by atoms with Crippen LogP contribution < -0.4 is 0 Å². The molecule has 0 saturated carbocycles. The van der Waals surface area contributed by atoms with Gasteiger partial charge in [0, 0.05) is 5.41 Å². The predicted octanol–water partition coefficient (Wildman–Crippen LogP) is 2.96. The number of nitrogens with one attached hydrogen (secondary N) is 1. The van der Waals surface area contributed by atoms with Crippen molar-refractivity contribution in [2.45, 2.75) is 26.2 Å². The summed E-state index contributed by atoms with van der Waals surface area (Å²) in [4.78, 5) is 15.5. The van der Waals surface area contributed by atoms with Crippen LogP contribution >= 0.6 is 23.2 Å². The Balaban J connectivity index is 2.66. The molecule has 0 aliphatic rings. The number of hydrogen-bond donors (Lipinski definition) is 1. The van der Waals surface area contributed by atoms with Crippen molar-refractivity contribution in [3.8, 4) is 0 Å². The van der Waals surface area contributed by atoms with Gasteiger partial charge < -0.3 is 4.98 Å². The first-order chi connectivity index (χ1) is 6.88. The number of H-pyrrole nitrogens is 1. The average molecular weight is 245 g/mol. The van der Waals surface area contributed by atoms with Gasteiger partial charge in [-0.05, 0) is 0 Å². The van der Waals surface area contributed by atoms with Gasteiger partial charge in [0.15, 0.2) is 21.6 Å². The van der Waals surface area contributed by atoms with Crippen LogP contribution in [0.2, 0.25) is 10.3 Å². The molecular weight excluding hydrogens is 235 g/mol. The minimum atomic E-state index is -0.0820. The van der Waals surface area contributed by atoms with E-state index in [0.29, 0.717) is 11.3 Å². The molecule has 15 heavy (non-hydrogen) atoms. The van der Waals surface area contributed by atoms with E-state index in [9.17, 15) is 0 Å². The van der Waals surface area contributed by atoms with Gasteiger partial charge in [-0.15, -0.1) is 0 Å². The molecule has 80 valence electrons. The first-order valence-corrected chi connectivity index (χ1v) is 5.23. The molecule has 0 atom stereocenters. The number of fused-ring (bicyclic) bond motifs is 1. The topological polar surface area (TPSA) is 54.5 Å². The zero-order chi connectivity index (χ0) is 11.2. The van der Waals surface area contributed by atoms with Crippen LogP contribution in [0.5, 0.6) is 0 Å². The van der Waals surface area contributed by atoms with Gasteiger partial charge in [0.05, 0.1) is 0 Å². The van der Waals surface area contributed by atoms with E-state index in [-0.39, 0.29) is 15.7 Å². The van der Waals surface area contributed by atoms with Crippen LogP contribution in [-0.4, -0.2) is 19.9 Å². The Hall–Kier alpha value is -0.870. The number of rotatable bonds is 0. The van der Waals surface area contributed by atoms with Crippen LogP contribution in [0.15, 0.2) is 0 Å². The molecule has 2 rings (SSSR count). The molecule has 2 heterocycles. The Labute approximate surface area is 97.0 Å². The van der Waals surface area contributed by atoms with Crippen molar-refractivity contribution in [1.29, 1.82) is 0 Å². The first kappa shape index (κ1) is 10.6. The van der Waals surface area contributed by atoms with Crippen molar-refractivity contribution in [1.82, 2.24) is 19.9 Å². The largest absolute Gasteiger partial charge is 0.325 e. The van der Waals surface area contributed by atoms with E-state index < -0.39 is 0 Å². The molecule has 6 heteroatoms. The standard InChI is InChI=1S/C9H10Cl2N4/c1-9(2,3)8-14-6-7(15-8)13-5(11)4(10)12-6/h1-3H3,(H,12,13,14,15). The van der Waals surface area contributed by atoms with Crippen LogP contribution in [0.3, 0.4) is 0 Å². The summed E-state index contributed by atoms with van der Waals surface area (Å²) in [5.41, 5.74) is 0.977. The zero-order valence-electron chi connectivity index (χ0n) is 8.60. The van der Waals surface area contributed by atoms with Crippen LogP contribution in [0.1, 0.15) is 26.6 Å². The zero-order valence-corrected chi connectivity index (χ0v) is 10.1. The molecule has 0 amide bonds. The normalized spacial score (nSPS) is 12.3. The van der Waals surface area contributed by atoms with E-state index in [0.717, 1.165) is 5.82 Å². The van der Waals surface area contributed by atoms with Gasteiger partial charge in [-0.3, -0.25) is 0 Å². The van der Waals surface area contributed by atoms with Crippen LogP contribution in [0, 0.1) is 0 Å². The molecule has 2 aromatic heterocycles. The van der Waals surface area contributed by atoms with Gasteiger partial charge in [-0.25, -0.2) is 15.0 Å². The highest BCUT2D eigenvalue weighted by atomic mass is 35.5. The maximum Gasteiger partial charge on any atom is 0.199 e. The van der Waals surface area contributed by atoms with E-state index >= 15 is 0 Å². The lowest BCUT2D eigenvalue weighted by Gasteiger charge is -2.13. The SMILES string of the molecule is CC(C)(C)c1nc2nc(Cl)c(Cl)nc2[nH]1. The van der Waals surface area contributed by atoms with Crippen molar-refractivity contribution >= 4 is 34.5 Å². The second kappa shape index (κ2) is 3.32. The van der Waals surface area contributed by atoms with Crippen LogP contribution in [-0.2, 0) is 5.41 Å². The maximum atomic E-state index is 5.76. The Morgan fingerprint density at radius 2 is 1.60 bits per heavy atom. The number of hydrogen-bond acceptors (Lipinski definition) is 3. The maximum absolute atomic E-state index is 5.76. The van der Waals surface area contributed by atoms with Gasteiger partial charge in [0.1, 0.15) is 5.82 Å². The van der Waals surface area contributed by atoms with Crippen LogP contribution in [0.25, 0.3) is 11.3 Å². The fraction of sp³-hybridized carbons (Fsp3) is 0.444. The molecule has 0 bridgehead atoms. The van der Waals surface area contributed by atoms with E-state index in [1.807, 2.05) is 20.8 Å². The summed E-state index contributed by atoms with van der Waals surface area (Å²) in [6, 6.07) is 0. The molecule has 1 N–H and O–H groups in total. The van der Waals surface area contributed by atoms with E-state index in [1.54, 1.807) is 0 Å². The molecule has 4 nitrogen and oxygen atoms in total. The van der Waals surface area contributed by atoms with Crippen molar-refractivity contribution in [3.05, 3.63) is 16.1 Å². The molecule has 0 saturated heterocycles. The van der Waals surface area contributed by atoms with Crippen molar-refractivity contribution < 1.29 is 0 Å². The first-order valence-electron chi connectivity index (χ1n) is 4.47. The summed E-state index contributed by atoms with van der Waals surface area (Å²) < 4.78 is 0. The fourth-order valence-electron chi connectivity index (χ4n) is 1.15. The van der Waals surface area contributed by atoms with Crippen molar-refractivity contribution in [2.75, 3.05) is 0 Å². The molecule has 0 aliphatic carbocycles. The minimum absolute atomic E-state index is 0.0820. The summed E-state index contributed by atoms with van der Waals surface area (Å²) in [5, 5.41) is 0.365. The quantitative estimate of drug-likeness (QED) is 0.776. The number of halogens is 2. The highest BCUT2D eigenvalue weighted by molar-refractivity contribution is 6.40. The molecule has 0 fully saturated rings. The predicted molar refractivity (Wildman–Crippen MR) is 60.4 cm³/mol. The highest BCUT2D eigenvalue weighted by Crippen LogP contribution is 2.24.